The molecule has 1 nitrogen and oxygen atoms in total. The predicted molar refractivity (Wildman–Crippen MR) is 338 cm³/mol. The van der Waals surface area contributed by atoms with Gasteiger partial charge in [0, 0.05) is 16.5 Å². The van der Waals surface area contributed by atoms with Gasteiger partial charge < -0.3 is 4.57 Å². The maximum absolute atomic E-state index is 2.54. The SMILES string of the molecule is C[Si]1(C)c2cc(-c3cccc4ccccc34)ccc2-c2ccc(-n3c4ccc(-c5ccc(-c6cc7ccccc7c7ccccc67)cc5)cc4c4cc(-c5ccc(-c6cc7ccccc7c7ccccc67)cc5)ccc43)cc21. The molecule has 1 aliphatic rings. The van der Waals surface area contributed by atoms with Gasteiger partial charge in [-0.2, -0.15) is 0 Å². The number of aromatic nitrogens is 1. The van der Waals surface area contributed by atoms with Gasteiger partial charge in [0.2, 0.25) is 0 Å². The van der Waals surface area contributed by atoms with Gasteiger partial charge in [0.05, 0.1) is 11.0 Å². The lowest BCUT2D eigenvalue weighted by Crippen LogP contribution is -2.49. The molecule has 0 saturated heterocycles. The van der Waals surface area contributed by atoms with Crippen LogP contribution in [0.3, 0.4) is 0 Å². The number of benzene rings is 14. The highest BCUT2D eigenvalue weighted by Crippen LogP contribution is 2.42. The Labute approximate surface area is 454 Å². The molecule has 1 aliphatic heterocycles. The smallest absolute Gasteiger partial charge is 0.113 e. The van der Waals surface area contributed by atoms with Crippen molar-refractivity contribution in [3.05, 3.63) is 273 Å². The van der Waals surface area contributed by atoms with Crippen molar-refractivity contribution in [2.75, 3.05) is 0 Å². The first-order valence-electron chi connectivity index (χ1n) is 27.3. The van der Waals surface area contributed by atoms with E-state index < -0.39 is 8.07 Å². The summed E-state index contributed by atoms with van der Waals surface area (Å²) in [5.74, 6) is 0. The van der Waals surface area contributed by atoms with Gasteiger partial charge in [-0.15, -0.1) is 0 Å². The molecule has 0 saturated carbocycles. The van der Waals surface area contributed by atoms with E-state index in [1.54, 1.807) is 0 Å². The van der Waals surface area contributed by atoms with Crippen LogP contribution in [0.5, 0.6) is 0 Å². The predicted octanol–water partition coefficient (Wildman–Crippen LogP) is 19.7. The molecule has 2 heteroatoms. The van der Waals surface area contributed by atoms with Crippen molar-refractivity contribution in [1.82, 2.24) is 4.57 Å². The van der Waals surface area contributed by atoms with E-state index in [2.05, 4.69) is 291 Å². The molecule has 2 heterocycles. The molecule has 14 aromatic carbocycles. The lowest BCUT2D eigenvalue weighted by atomic mass is 9.92. The second-order valence-corrected chi connectivity index (χ2v) is 26.3. The van der Waals surface area contributed by atoms with Crippen LogP contribution in [0.2, 0.25) is 13.1 Å². The summed E-state index contributed by atoms with van der Waals surface area (Å²) in [5, 5.41) is 18.3. The highest BCUT2D eigenvalue weighted by molar-refractivity contribution is 7.04. The summed E-state index contributed by atoms with van der Waals surface area (Å²) in [6.45, 7) is 5.08. The van der Waals surface area contributed by atoms with Crippen LogP contribution in [0.15, 0.2) is 273 Å². The molecule has 0 aliphatic carbocycles. The molecule has 16 rings (SSSR count). The molecular formula is C76H51NSi. The van der Waals surface area contributed by atoms with Gasteiger partial charge >= 0.3 is 0 Å². The monoisotopic (exact) mass is 1010 g/mol. The summed E-state index contributed by atoms with van der Waals surface area (Å²) in [6, 6.07) is 103. The minimum absolute atomic E-state index is 1.20. The molecule has 0 radical (unpaired) electrons. The highest BCUT2D eigenvalue weighted by Gasteiger charge is 2.38. The first-order valence-corrected chi connectivity index (χ1v) is 30.3. The van der Waals surface area contributed by atoms with E-state index in [9.17, 15) is 0 Å². The quantitative estimate of drug-likeness (QED) is 0.116. The maximum Gasteiger partial charge on any atom is 0.113 e. The second-order valence-electron chi connectivity index (χ2n) is 22.0. The van der Waals surface area contributed by atoms with Gasteiger partial charge in [0.1, 0.15) is 8.07 Å². The number of hydrogen-bond donors (Lipinski definition) is 0. The van der Waals surface area contributed by atoms with Crippen LogP contribution >= 0.6 is 0 Å². The van der Waals surface area contributed by atoms with Gasteiger partial charge in [-0.05, 0) is 180 Å². The maximum atomic E-state index is 2.54. The fraction of sp³-hybridized carbons (Fsp3) is 0.0263. The fourth-order valence-corrected chi connectivity index (χ4v) is 16.5. The molecule has 15 aromatic rings. The van der Waals surface area contributed by atoms with E-state index in [0.29, 0.717) is 0 Å². The van der Waals surface area contributed by atoms with Gasteiger partial charge in [-0.1, -0.05) is 238 Å². The van der Waals surface area contributed by atoms with Crippen molar-refractivity contribution in [2.24, 2.45) is 0 Å². The zero-order valence-corrected chi connectivity index (χ0v) is 44.4. The largest absolute Gasteiger partial charge is 0.309 e. The molecule has 0 N–H and O–H groups in total. The van der Waals surface area contributed by atoms with E-state index in [1.807, 2.05) is 0 Å². The summed E-state index contributed by atoms with van der Waals surface area (Å²) in [5.41, 5.74) is 18.7. The van der Waals surface area contributed by atoms with Gasteiger partial charge in [0.25, 0.3) is 0 Å². The minimum Gasteiger partial charge on any atom is -0.309 e. The van der Waals surface area contributed by atoms with Crippen LogP contribution < -0.4 is 10.4 Å². The Hall–Kier alpha value is -9.60. The molecular weight excluding hydrogens is 955 g/mol. The van der Waals surface area contributed by atoms with Crippen molar-refractivity contribution in [1.29, 1.82) is 0 Å². The Morgan fingerprint density at radius 3 is 1.19 bits per heavy atom. The van der Waals surface area contributed by atoms with Crippen LogP contribution in [0, 0.1) is 0 Å². The number of hydrogen-bond acceptors (Lipinski definition) is 0. The first kappa shape index (κ1) is 44.7. The summed E-state index contributed by atoms with van der Waals surface area (Å²) >= 11 is 0. The Morgan fingerprint density at radius 2 is 0.641 bits per heavy atom. The van der Waals surface area contributed by atoms with Crippen LogP contribution in [-0.2, 0) is 0 Å². The lowest BCUT2D eigenvalue weighted by Gasteiger charge is -2.21. The normalized spacial score (nSPS) is 12.8. The molecule has 0 amide bonds. The van der Waals surface area contributed by atoms with Crippen LogP contribution in [-0.4, -0.2) is 12.6 Å². The third-order valence-electron chi connectivity index (χ3n) is 17.4. The highest BCUT2D eigenvalue weighted by atomic mass is 28.3. The van der Waals surface area contributed by atoms with E-state index in [-0.39, 0.29) is 0 Å². The molecule has 0 unspecified atom stereocenters. The molecule has 0 atom stereocenters. The summed E-state index contributed by atoms with van der Waals surface area (Å²) in [4.78, 5) is 0. The Morgan fingerprint density at radius 1 is 0.231 bits per heavy atom. The zero-order chi connectivity index (χ0) is 51.6. The first-order chi connectivity index (χ1) is 38.4. The molecule has 0 bridgehead atoms. The Bertz CT molecular complexity index is 4750. The van der Waals surface area contributed by atoms with Gasteiger partial charge in [-0.3, -0.25) is 0 Å². The Balaban J connectivity index is 0.822. The average Bonchev–Trinajstić information content (AvgIpc) is 4.12. The number of fused-ring (bicyclic) bond motifs is 13. The molecule has 78 heavy (non-hydrogen) atoms. The topological polar surface area (TPSA) is 4.93 Å². The van der Waals surface area contributed by atoms with E-state index >= 15 is 0 Å². The van der Waals surface area contributed by atoms with Crippen molar-refractivity contribution < 1.29 is 0 Å². The number of rotatable bonds is 6. The third kappa shape index (κ3) is 6.86. The summed E-state index contributed by atoms with van der Waals surface area (Å²) in [6.07, 6.45) is 0. The third-order valence-corrected chi connectivity index (χ3v) is 20.9. The summed E-state index contributed by atoms with van der Waals surface area (Å²) in [7, 11) is -2.13. The molecule has 364 valence electrons. The van der Waals surface area contributed by atoms with Crippen molar-refractivity contribution >= 4 is 94.1 Å². The lowest BCUT2D eigenvalue weighted by molar-refractivity contribution is 1.18. The van der Waals surface area contributed by atoms with Crippen LogP contribution in [0.1, 0.15) is 0 Å². The fourth-order valence-electron chi connectivity index (χ4n) is 13.4. The zero-order valence-electron chi connectivity index (χ0n) is 43.4. The Kier molecular flexibility index (Phi) is 9.86. The van der Waals surface area contributed by atoms with E-state index in [0.717, 1.165) is 0 Å². The van der Waals surface area contributed by atoms with Gasteiger partial charge in [0.15, 0.2) is 0 Å². The molecule has 0 fully saturated rings. The molecule has 0 spiro atoms. The second kappa shape index (κ2) is 17.2. The average molecular weight is 1010 g/mol. The van der Waals surface area contributed by atoms with Crippen molar-refractivity contribution in [3.63, 3.8) is 0 Å². The summed E-state index contributed by atoms with van der Waals surface area (Å²) < 4.78 is 2.52. The van der Waals surface area contributed by atoms with Crippen LogP contribution in [0.4, 0.5) is 0 Å². The molecule has 1 aromatic heterocycles. The minimum atomic E-state index is -2.13. The van der Waals surface area contributed by atoms with Crippen LogP contribution in [0.25, 0.3) is 148 Å². The van der Waals surface area contributed by atoms with E-state index in [1.165, 1.54) is 158 Å². The number of nitrogens with zero attached hydrogens (tertiary/aromatic N) is 1. The van der Waals surface area contributed by atoms with E-state index in [4.69, 9.17) is 0 Å². The van der Waals surface area contributed by atoms with Gasteiger partial charge in [-0.25, -0.2) is 0 Å². The van der Waals surface area contributed by atoms with Crippen molar-refractivity contribution in [2.45, 2.75) is 13.1 Å². The standard InChI is InChI=1S/C76H51NSi/c1-78(2)75-46-57(60-25-13-17-50-14-3-6-18-59(50)60)34-38-67(75)68-39-37-58(47-76(68)78)77-73-40-35-53(48-26-30-51(31-27-48)69-44-55-15-4-7-19-61(55)63-21-9-11-23-65(63)69)42-71(73)72-43-54(36-41-74(72)77)49-28-32-52(33-29-49)70-45-56-16-5-8-20-62(56)64-22-10-12-24-66(64)70/h3-47H,1-2H3. The van der Waals surface area contributed by atoms with Crippen molar-refractivity contribution in [3.8, 4) is 72.4 Å².